The third-order valence-corrected chi connectivity index (χ3v) is 2.91. The van der Waals surface area contributed by atoms with Gasteiger partial charge in [0.15, 0.2) is 0 Å². The monoisotopic (exact) mass is 262 g/mol. The fourth-order valence-electron chi connectivity index (χ4n) is 1.23. The molecule has 0 atom stereocenters. The van der Waals surface area contributed by atoms with Crippen molar-refractivity contribution in [2.75, 3.05) is 0 Å². The zero-order valence-electron chi connectivity index (χ0n) is 5.98. The highest BCUT2D eigenvalue weighted by Gasteiger charge is 2.25. The summed E-state index contributed by atoms with van der Waals surface area (Å²) < 4.78 is 13.7. The molecule has 2 rings (SSSR count). The molecule has 0 bridgehead atoms. The Balaban J connectivity index is 2.39. The Kier molecular flexibility index (Phi) is 1.87. The summed E-state index contributed by atoms with van der Waals surface area (Å²) in [5.41, 5.74) is 1.33. The van der Waals surface area contributed by atoms with Crippen molar-refractivity contribution in [3.8, 4) is 0 Å². The van der Waals surface area contributed by atoms with Gasteiger partial charge < -0.3 is 0 Å². The smallest absolute Gasteiger partial charge is 0.124 e. The van der Waals surface area contributed by atoms with E-state index >= 15 is 0 Å². The molecule has 1 saturated carbocycles. The minimum atomic E-state index is -0.126. The Morgan fingerprint density at radius 1 is 1.36 bits per heavy atom. The van der Waals surface area contributed by atoms with Gasteiger partial charge in [-0.05, 0) is 59.0 Å². The molecule has 0 heterocycles. The maximum absolute atomic E-state index is 12.6. The van der Waals surface area contributed by atoms with Crippen LogP contribution in [0.4, 0.5) is 4.39 Å². The molecule has 2 heteroatoms. The van der Waals surface area contributed by atoms with Gasteiger partial charge in [-0.15, -0.1) is 0 Å². The van der Waals surface area contributed by atoms with Gasteiger partial charge in [-0.3, -0.25) is 0 Å². The van der Waals surface area contributed by atoms with E-state index in [2.05, 4.69) is 22.6 Å². The van der Waals surface area contributed by atoms with Gasteiger partial charge in [0.05, 0.1) is 0 Å². The van der Waals surface area contributed by atoms with Crippen LogP contribution in [0.3, 0.4) is 0 Å². The second-order valence-electron chi connectivity index (χ2n) is 2.94. The molecule has 0 nitrogen and oxygen atoms in total. The highest BCUT2D eigenvalue weighted by molar-refractivity contribution is 14.1. The van der Waals surface area contributed by atoms with Crippen molar-refractivity contribution in [3.05, 3.63) is 33.1 Å². The van der Waals surface area contributed by atoms with Gasteiger partial charge in [0.1, 0.15) is 5.82 Å². The van der Waals surface area contributed by atoms with E-state index in [-0.39, 0.29) is 5.82 Å². The number of rotatable bonds is 1. The Morgan fingerprint density at radius 3 is 2.64 bits per heavy atom. The van der Waals surface area contributed by atoms with Gasteiger partial charge in [-0.2, -0.15) is 0 Å². The Labute approximate surface area is 78.9 Å². The molecule has 0 N–H and O–H groups in total. The third kappa shape index (κ3) is 1.55. The predicted molar refractivity (Wildman–Crippen MR) is 51.1 cm³/mol. The first-order valence-corrected chi connectivity index (χ1v) is 4.80. The third-order valence-electron chi connectivity index (χ3n) is 1.98. The summed E-state index contributed by atoms with van der Waals surface area (Å²) in [6, 6.07) is 5.07. The number of hydrogen-bond acceptors (Lipinski definition) is 0. The lowest BCUT2D eigenvalue weighted by molar-refractivity contribution is 0.626. The largest absolute Gasteiger partial charge is 0.207 e. The molecule has 0 aliphatic heterocycles. The van der Waals surface area contributed by atoms with E-state index in [0.717, 1.165) is 9.49 Å². The molecule has 1 aliphatic carbocycles. The molecule has 11 heavy (non-hydrogen) atoms. The first-order valence-electron chi connectivity index (χ1n) is 3.72. The first-order chi connectivity index (χ1) is 5.27. The summed E-state index contributed by atoms with van der Waals surface area (Å²) in [6.07, 6.45) is 2.56. The van der Waals surface area contributed by atoms with Gasteiger partial charge in [0.25, 0.3) is 0 Å². The molecule has 1 aromatic carbocycles. The Bertz CT molecular complexity index is 279. The lowest BCUT2D eigenvalue weighted by Gasteiger charge is -2.00. The summed E-state index contributed by atoms with van der Waals surface area (Å²) >= 11 is 2.20. The second-order valence-corrected chi connectivity index (χ2v) is 4.10. The van der Waals surface area contributed by atoms with Gasteiger partial charge in [0, 0.05) is 3.57 Å². The van der Waals surface area contributed by atoms with E-state index in [1.54, 1.807) is 12.1 Å². The fraction of sp³-hybridized carbons (Fsp3) is 0.333. The van der Waals surface area contributed by atoms with Crippen LogP contribution in [-0.4, -0.2) is 0 Å². The second kappa shape index (κ2) is 2.73. The van der Waals surface area contributed by atoms with Crippen molar-refractivity contribution in [2.24, 2.45) is 0 Å². The molecule has 0 amide bonds. The average Bonchev–Trinajstić information content (AvgIpc) is 2.70. The number of halogens is 2. The van der Waals surface area contributed by atoms with Crippen LogP contribution in [-0.2, 0) is 0 Å². The van der Waals surface area contributed by atoms with Gasteiger partial charge >= 0.3 is 0 Å². The van der Waals surface area contributed by atoms with Gasteiger partial charge in [0.2, 0.25) is 0 Å². The zero-order valence-corrected chi connectivity index (χ0v) is 8.14. The molecule has 0 radical (unpaired) electrons. The topological polar surface area (TPSA) is 0 Å². The minimum Gasteiger partial charge on any atom is -0.207 e. The lowest BCUT2D eigenvalue weighted by atomic mass is 10.1. The normalized spacial score (nSPS) is 16.9. The Hall–Kier alpha value is -0.120. The summed E-state index contributed by atoms with van der Waals surface area (Å²) in [5.74, 6) is 0.598. The van der Waals surface area contributed by atoms with Gasteiger partial charge in [-0.1, -0.05) is 6.07 Å². The van der Waals surface area contributed by atoms with E-state index in [9.17, 15) is 4.39 Å². The molecular weight excluding hydrogens is 254 g/mol. The molecular formula is C9H8FI. The number of benzene rings is 1. The molecule has 1 fully saturated rings. The summed E-state index contributed by atoms with van der Waals surface area (Å²) in [4.78, 5) is 0. The van der Waals surface area contributed by atoms with E-state index in [0.29, 0.717) is 0 Å². The zero-order chi connectivity index (χ0) is 7.84. The van der Waals surface area contributed by atoms with Crippen LogP contribution in [0.2, 0.25) is 0 Å². The van der Waals surface area contributed by atoms with Crippen LogP contribution >= 0.6 is 22.6 Å². The highest BCUT2D eigenvalue weighted by Crippen LogP contribution is 2.41. The first kappa shape index (κ1) is 7.53. The molecule has 0 spiro atoms. The van der Waals surface area contributed by atoms with Crippen LogP contribution in [0.15, 0.2) is 18.2 Å². The van der Waals surface area contributed by atoms with Crippen molar-refractivity contribution in [3.63, 3.8) is 0 Å². The standard InChI is InChI=1S/C9H8FI/c10-7-3-4-8(6-1-2-6)9(11)5-7/h3-6H,1-2H2. The van der Waals surface area contributed by atoms with E-state index in [1.165, 1.54) is 18.4 Å². The van der Waals surface area contributed by atoms with Crippen LogP contribution < -0.4 is 0 Å². The molecule has 1 aliphatic rings. The summed E-state index contributed by atoms with van der Waals surface area (Å²) in [5, 5.41) is 0. The van der Waals surface area contributed by atoms with Crippen LogP contribution in [0, 0.1) is 9.39 Å². The van der Waals surface area contributed by atoms with Crippen molar-refractivity contribution >= 4 is 22.6 Å². The summed E-state index contributed by atoms with van der Waals surface area (Å²) in [6.45, 7) is 0. The average molecular weight is 262 g/mol. The Morgan fingerprint density at radius 2 is 2.09 bits per heavy atom. The van der Waals surface area contributed by atoms with Crippen molar-refractivity contribution in [1.29, 1.82) is 0 Å². The van der Waals surface area contributed by atoms with Crippen molar-refractivity contribution < 1.29 is 4.39 Å². The molecule has 0 unspecified atom stereocenters. The van der Waals surface area contributed by atoms with Crippen LogP contribution in [0.25, 0.3) is 0 Å². The molecule has 58 valence electrons. The quantitative estimate of drug-likeness (QED) is 0.681. The molecule has 0 saturated heterocycles. The van der Waals surface area contributed by atoms with E-state index in [4.69, 9.17) is 0 Å². The minimum absolute atomic E-state index is 0.126. The molecule has 0 aromatic heterocycles. The lowest BCUT2D eigenvalue weighted by Crippen LogP contribution is -1.86. The predicted octanol–water partition coefficient (Wildman–Crippen LogP) is 3.31. The SMILES string of the molecule is Fc1ccc(C2CC2)c(I)c1. The van der Waals surface area contributed by atoms with Crippen LogP contribution in [0.1, 0.15) is 24.3 Å². The maximum Gasteiger partial charge on any atom is 0.124 e. The summed E-state index contributed by atoms with van der Waals surface area (Å²) in [7, 11) is 0. The van der Waals surface area contributed by atoms with Crippen molar-refractivity contribution in [1.82, 2.24) is 0 Å². The maximum atomic E-state index is 12.6. The van der Waals surface area contributed by atoms with E-state index < -0.39 is 0 Å². The highest BCUT2D eigenvalue weighted by atomic mass is 127. The van der Waals surface area contributed by atoms with Crippen LogP contribution in [0.5, 0.6) is 0 Å². The van der Waals surface area contributed by atoms with Gasteiger partial charge in [-0.25, -0.2) is 4.39 Å². The number of hydrogen-bond donors (Lipinski definition) is 0. The fourth-order valence-corrected chi connectivity index (χ4v) is 2.14. The van der Waals surface area contributed by atoms with E-state index in [1.807, 2.05) is 6.07 Å². The molecule has 1 aromatic rings. The van der Waals surface area contributed by atoms with Crippen molar-refractivity contribution in [2.45, 2.75) is 18.8 Å².